The van der Waals surface area contributed by atoms with E-state index < -0.39 is 0 Å². The van der Waals surface area contributed by atoms with Crippen molar-refractivity contribution in [3.63, 3.8) is 0 Å². The average molecular weight is 445 g/mol. The normalized spacial score (nSPS) is 15.3. The summed E-state index contributed by atoms with van der Waals surface area (Å²) < 4.78 is 0.622. The molecule has 1 aromatic heterocycles. The molecule has 1 saturated heterocycles. The van der Waals surface area contributed by atoms with Crippen LogP contribution >= 0.6 is 35.3 Å². The van der Waals surface area contributed by atoms with Crippen LogP contribution in [0.2, 0.25) is 0 Å². The van der Waals surface area contributed by atoms with Gasteiger partial charge in [-0.1, -0.05) is 66.8 Å². The van der Waals surface area contributed by atoms with Crippen molar-refractivity contribution in [1.82, 2.24) is 9.80 Å². The lowest BCUT2D eigenvalue weighted by molar-refractivity contribution is -0.130. The monoisotopic (exact) mass is 444 g/mol. The zero-order chi connectivity index (χ0) is 20.6. The molecular weight excluding hydrogens is 420 g/mol. The Bertz CT molecular complexity index is 879. The van der Waals surface area contributed by atoms with Gasteiger partial charge in [-0.15, -0.1) is 11.3 Å². The minimum absolute atomic E-state index is 0.00734. The molecule has 0 unspecified atom stereocenters. The van der Waals surface area contributed by atoms with Crippen LogP contribution in [-0.2, 0) is 16.1 Å². The number of hydrogen-bond donors (Lipinski definition) is 0. The zero-order valence-corrected chi connectivity index (χ0v) is 18.8. The summed E-state index contributed by atoms with van der Waals surface area (Å²) in [6, 6.07) is 14.0. The standard InChI is InChI=1S/C22H24N2O2S3/c1-23(16-17-9-4-2-5-10-17)20(25)12-6-3-7-13-24-21(26)19(29-22(24)27)15-18-11-8-14-28-18/h2,4-5,8-11,14-15H,3,6-7,12-13,16H2,1H3/b19-15+. The molecule has 1 aliphatic rings. The molecule has 0 saturated carbocycles. The van der Waals surface area contributed by atoms with Crippen LogP contribution < -0.4 is 0 Å². The van der Waals surface area contributed by atoms with Gasteiger partial charge in [-0.05, 0) is 35.9 Å². The van der Waals surface area contributed by atoms with Crippen LogP contribution in [-0.4, -0.2) is 39.5 Å². The number of thioether (sulfide) groups is 1. The van der Waals surface area contributed by atoms with E-state index in [1.165, 1.54) is 11.8 Å². The Balaban J connectivity index is 1.37. The van der Waals surface area contributed by atoms with Gasteiger partial charge < -0.3 is 4.90 Å². The molecule has 152 valence electrons. The molecule has 3 rings (SSSR count). The predicted molar refractivity (Wildman–Crippen MR) is 126 cm³/mol. The molecule has 0 N–H and O–H groups in total. The summed E-state index contributed by atoms with van der Waals surface area (Å²) in [6.45, 7) is 1.24. The summed E-state index contributed by atoms with van der Waals surface area (Å²) in [4.78, 5) is 30.1. The van der Waals surface area contributed by atoms with Gasteiger partial charge >= 0.3 is 0 Å². The first-order valence-corrected chi connectivity index (χ1v) is 11.7. The number of thiocarbonyl (C=S) groups is 1. The zero-order valence-electron chi connectivity index (χ0n) is 16.4. The Hall–Kier alpha value is -1.96. The summed E-state index contributed by atoms with van der Waals surface area (Å²) in [5, 5.41) is 1.99. The van der Waals surface area contributed by atoms with Crippen LogP contribution in [0.15, 0.2) is 52.7 Å². The highest BCUT2D eigenvalue weighted by Gasteiger charge is 2.31. The van der Waals surface area contributed by atoms with Gasteiger partial charge in [0.05, 0.1) is 4.91 Å². The van der Waals surface area contributed by atoms with E-state index in [4.69, 9.17) is 12.2 Å². The molecule has 0 atom stereocenters. The van der Waals surface area contributed by atoms with Gasteiger partial charge in [-0.25, -0.2) is 0 Å². The van der Waals surface area contributed by atoms with Crippen LogP contribution in [0, 0.1) is 0 Å². The smallest absolute Gasteiger partial charge is 0.266 e. The van der Waals surface area contributed by atoms with Crippen LogP contribution in [0.1, 0.15) is 36.1 Å². The first-order valence-electron chi connectivity index (χ1n) is 9.61. The number of benzene rings is 1. The average Bonchev–Trinajstić information content (AvgIpc) is 3.31. The minimum Gasteiger partial charge on any atom is -0.341 e. The number of hydrogen-bond acceptors (Lipinski definition) is 5. The van der Waals surface area contributed by atoms with Gasteiger partial charge in [-0.3, -0.25) is 14.5 Å². The number of nitrogens with zero attached hydrogens (tertiary/aromatic N) is 2. The van der Waals surface area contributed by atoms with Crippen LogP contribution in [0.5, 0.6) is 0 Å². The molecule has 2 aromatic rings. The molecule has 1 aromatic carbocycles. The van der Waals surface area contributed by atoms with E-state index in [0.717, 1.165) is 29.7 Å². The first-order chi connectivity index (χ1) is 14.0. The number of unbranched alkanes of at least 4 members (excludes halogenated alkanes) is 2. The fourth-order valence-electron chi connectivity index (χ4n) is 3.05. The predicted octanol–water partition coefficient (Wildman–Crippen LogP) is 5.17. The molecule has 7 heteroatoms. The number of rotatable bonds is 9. The van der Waals surface area contributed by atoms with Crippen molar-refractivity contribution in [3.05, 3.63) is 63.2 Å². The molecule has 0 spiro atoms. The molecule has 2 heterocycles. The van der Waals surface area contributed by atoms with Gasteiger partial charge in [-0.2, -0.15) is 0 Å². The Labute approximate surface area is 185 Å². The van der Waals surface area contributed by atoms with Crippen molar-refractivity contribution in [1.29, 1.82) is 0 Å². The largest absolute Gasteiger partial charge is 0.341 e. The summed E-state index contributed by atoms with van der Waals surface area (Å²) in [5.41, 5.74) is 1.13. The van der Waals surface area contributed by atoms with Crippen molar-refractivity contribution in [2.24, 2.45) is 0 Å². The second-order valence-electron chi connectivity index (χ2n) is 6.89. The van der Waals surface area contributed by atoms with E-state index >= 15 is 0 Å². The molecule has 0 aliphatic carbocycles. The topological polar surface area (TPSA) is 40.6 Å². The van der Waals surface area contributed by atoms with E-state index in [9.17, 15) is 9.59 Å². The maximum atomic E-state index is 12.6. The summed E-state index contributed by atoms with van der Waals surface area (Å²) in [6.07, 6.45) is 4.99. The van der Waals surface area contributed by atoms with Crippen LogP contribution in [0.25, 0.3) is 6.08 Å². The SMILES string of the molecule is CN(Cc1ccccc1)C(=O)CCCCCN1C(=O)/C(=C\c2cccs2)SC1=S. The maximum absolute atomic E-state index is 12.6. The van der Waals surface area contributed by atoms with Crippen LogP contribution in [0.3, 0.4) is 0 Å². The summed E-state index contributed by atoms with van der Waals surface area (Å²) in [5.74, 6) is 0.144. The van der Waals surface area contributed by atoms with Crippen molar-refractivity contribution in [2.45, 2.75) is 32.2 Å². The molecule has 2 amide bonds. The van der Waals surface area contributed by atoms with Gasteiger partial charge in [0.2, 0.25) is 5.91 Å². The summed E-state index contributed by atoms with van der Waals surface area (Å²) in [7, 11) is 1.84. The van der Waals surface area contributed by atoms with Gasteiger partial charge in [0, 0.05) is 31.4 Å². The molecular formula is C22H24N2O2S3. The second kappa shape index (κ2) is 10.7. The Morgan fingerprint density at radius 2 is 1.93 bits per heavy atom. The van der Waals surface area contributed by atoms with Gasteiger partial charge in [0.1, 0.15) is 4.32 Å². The van der Waals surface area contributed by atoms with E-state index in [1.54, 1.807) is 21.1 Å². The van der Waals surface area contributed by atoms with Crippen molar-refractivity contribution in [3.8, 4) is 0 Å². The Kier molecular flexibility index (Phi) is 8.03. The number of carbonyl (C=O) groups excluding carboxylic acids is 2. The van der Waals surface area contributed by atoms with Crippen LogP contribution in [0.4, 0.5) is 0 Å². The molecule has 0 radical (unpaired) electrons. The molecule has 1 fully saturated rings. The fraction of sp³-hybridized carbons (Fsp3) is 0.318. The lowest BCUT2D eigenvalue weighted by atomic mass is 10.1. The number of amides is 2. The lowest BCUT2D eigenvalue weighted by Gasteiger charge is -2.17. The van der Waals surface area contributed by atoms with E-state index in [-0.39, 0.29) is 11.8 Å². The minimum atomic E-state index is -0.00734. The third-order valence-corrected chi connectivity index (χ3v) is 6.85. The van der Waals surface area contributed by atoms with Crippen molar-refractivity contribution >= 4 is 57.5 Å². The highest BCUT2D eigenvalue weighted by atomic mass is 32.2. The third kappa shape index (κ3) is 6.26. The number of thiophene rings is 1. The molecule has 4 nitrogen and oxygen atoms in total. The fourth-order valence-corrected chi connectivity index (χ4v) is 5.09. The van der Waals surface area contributed by atoms with Crippen molar-refractivity contribution in [2.75, 3.05) is 13.6 Å². The van der Waals surface area contributed by atoms with E-state index in [2.05, 4.69) is 0 Å². The highest BCUT2D eigenvalue weighted by molar-refractivity contribution is 8.26. The molecule has 0 bridgehead atoms. The van der Waals surface area contributed by atoms with Crippen molar-refractivity contribution < 1.29 is 9.59 Å². The number of carbonyl (C=O) groups is 2. The van der Waals surface area contributed by atoms with Gasteiger partial charge in [0.25, 0.3) is 5.91 Å². The summed E-state index contributed by atoms with van der Waals surface area (Å²) >= 11 is 8.35. The third-order valence-electron chi connectivity index (χ3n) is 4.65. The molecule has 1 aliphatic heterocycles. The van der Waals surface area contributed by atoms with E-state index in [1.807, 2.05) is 61.0 Å². The molecule has 29 heavy (non-hydrogen) atoms. The Morgan fingerprint density at radius 1 is 1.14 bits per heavy atom. The van der Waals surface area contributed by atoms with E-state index in [0.29, 0.717) is 28.7 Å². The lowest BCUT2D eigenvalue weighted by Crippen LogP contribution is -2.29. The maximum Gasteiger partial charge on any atom is 0.266 e. The highest BCUT2D eigenvalue weighted by Crippen LogP contribution is 2.33. The first kappa shape index (κ1) is 21.7. The second-order valence-corrected chi connectivity index (χ2v) is 9.55. The Morgan fingerprint density at radius 3 is 2.66 bits per heavy atom. The quantitative estimate of drug-likeness (QED) is 0.304. The van der Waals surface area contributed by atoms with Gasteiger partial charge in [0.15, 0.2) is 0 Å².